The number of nitrogens with two attached hydrogens (primary N) is 1. The van der Waals surface area contributed by atoms with Crippen molar-refractivity contribution in [2.24, 2.45) is 5.73 Å². The summed E-state index contributed by atoms with van der Waals surface area (Å²) in [6, 6.07) is 10.2. The van der Waals surface area contributed by atoms with Gasteiger partial charge >= 0.3 is 0 Å². The van der Waals surface area contributed by atoms with Gasteiger partial charge in [-0.15, -0.1) is 0 Å². The summed E-state index contributed by atoms with van der Waals surface area (Å²) in [6.07, 6.45) is 5.29. The lowest BCUT2D eigenvalue weighted by Crippen LogP contribution is -2.11. The van der Waals surface area contributed by atoms with E-state index in [1.165, 1.54) is 18.6 Å². The molecule has 2 heterocycles. The second kappa shape index (κ2) is 7.09. The maximum absolute atomic E-state index is 6.20. The lowest BCUT2D eigenvalue weighted by molar-refractivity contribution is 0.365. The lowest BCUT2D eigenvalue weighted by Gasteiger charge is -2.17. The third kappa shape index (κ3) is 3.86. The zero-order chi connectivity index (χ0) is 14.5. The first-order chi connectivity index (χ1) is 10.3. The Morgan fingerprint density at radius 2 is 2.14 bits per heavy atom. The molecular weight excluding hydrogens is 282 g/mol. The molecule has 1 aromatic heterocycles. The number of hydrogen-bond donors (Lipinski definition) is 1. The number of aromatic nitrogens is 2. The maximum Gasteiger partial charge on any atom is 0.226 e. The molecule has 2 aromatic rings. The van der Waals surface area contributed by atoms with E-state index in [0.717, 1.165) is 30.7 Å². The molecule has 2 unspecified atom stereocenters. The van der Waals surface area contributed by atoms with Crippen molar-refractivity contribution in [3.8, 4) is 0 Å². The van der Waals surface area contributed by atoms with Gasteiger partial charge in [0.05, 0.1) is 5.25 Å². The Morgan fingerprint density at radius 3 is 2.90 bits per heavy atom. The van der Waals surface area contributed by atoms with E-state index in [9.17, 15) is 0 Å². The first-order valence-corrected chi connectivity index (χ1v) is 8.62. The topological polar surface area (TPSA) is 64.9 Å². The summed E-state index contributed by atoms with van der Waals surface area (Å²) in [4.78, 5) is 4.55. The molecule has 0 bridgehead atoms. The molecule has 2 atom stereocenters. The Balaban J connectivity index is 1.55. The minimum Gasteiger partial charge on any atom is -0.339 e. The van der Waals surface area contributed by atoms with E-state index in [2.05, 4.69) is 22.3 Å². The van der Waals surface area contributed by atoms with Gasteiger partial charge in [0.2, 0.25) is 5.89 Å². The van der Waals surface area contributed by atoms with Crippen LogP contribution in [0.3, 0.4) is 0 Å². The Kier molecular flexibility index (Phi) is 4.93. The zero-order valence-corrected chi connectivity index (χ0v) is 12.9. The van der Waals surface area contributed by atoms with Gasteiger partial charge in [0.15, 0.2) is 5.82 Å². The molecule has 4 nitrogen and oxygen atoms in total. The monoisotopic (exact) mass is 303 g/mol. The molecule has 0 aliphatic carbocycles. The minimum absolute atomic E-state index is 0.0191. The van der Waals surface area contributed by atoms with Crippen molar-refractivity contribution < 1.29 is 4.52 Å². The fourth-order valence-corrected chi connectivity index (χ4v) is 3.82. The normalized spacial score (nSPS) is 20.3. The van der Waals surface area contributed by atoms with Gasteiger partial charge in [-0.1, -0.05) is 41.9 Å². The molecule has 0 saturated carbocycles. The van der Waals surface area contributed by atoms with Gasteiger partial charge in [-0.05, 0) is 30.6 Å². The van der Waals surface area contributed by atoms with Crippen molar-refractivity contribution in [2.75, 3.05) is 5.75 Å². The Bertz CT molecular complexity index is 552. The van der Waals surface area contributed by atoms with Crippen LogP contribution in [-0.2, 0) is 6.42 Å². The van der Waals surface area contributed by atoms with Crippen molar-refractivity contribution in [1.82, 2.24) is 10.1 Å². The van der Waals surface area contributed by atoms with E-state index < -0.39 is 0 Å². The van der Waals surface area contributed by atoms with Gasteiger partial charge < -0.3 is 10.3 Å². The van der Waals surface area contributed by atoms with Crippen LogP contribution in [0.4, 0.5) is 0 Å². The number of aryl methyl sites for hydroxylation is 1. The highest BCUT2D eigenvalue weighted by atomic mass is 32.2. The van der Waals surface area contributed by atoms with E-state index in [4.69, 9.17) is 10.3 Å². The van der Waals surface area contributed by atoms with Crippen LogP contribution in [0.1, 0.15) is 54.3 Å². The maximum atomic E-state index is 6.20. The van der Waals surface area contributed by atoms with Crippen molar-refractivity contribution in [3.05, 3.63) is 47.6 Å². The largest absolute Gasteiger partial charge is 0.339 e. The van der Waals surface area contributed by atoms with E-state index in [1.807, 2.05) is 30.0 Å². The first-order valence-electron chi connectivity index (χ1n) is 7.57. The second-order valence-corrected chi connectivity index (χ2v) is 6.77. The van der Waals surface area contributed by atoms with E-state index in [0.29, 0.717) is 11.1 Å². The second-order valence-electron chi connectivity index (χ2n) is 5.46. The predicted molar refractivity (Wildman–Crippen MR) is 85.0 cm³/mol. The number of hydrogen-bond acceptors (Lipinski definition) is 5. The molecule has 0 amide bonds. The zero-order valence-electron chi connectivity index (χ0n) is 12.1. The minimum atomic E-state index is 0.0191. The van der Waals surface area contributed by atoms with Gasteiger partial charge in [-0.2, -0.15) is 16.7 Å². The number of rotatable bonds is 5. The van der Waals surface area contributed by atoms with Gasteiger partial charge in [0.1, 0.15) is 0 Å². The van der Waals surface area contributed by atoms with E-state index >= 15 is 0 Å². The van der Waals surface area contributed by atoms with Crippen LogP contribution < -0.4 is 5.73 Å². The van der Waals surface area contributed by atoms with Crippen LogP contribution in [0.15, 0.2) is 34.9 Å². The van der Waals surface area contributed by atoms with Crippen LogP contribution in [0.25, 0.3) is 0 Å². The van der Waals surface area contributed by atoms with Crippen molar-refractivity contribution >= 4 is 11.8 Å². The quantitative estimate of drug-likeness (QED) is 0.913. The summed E-state index contributed by atoms with van der Waals surface area (Å²) in [7, 11) is 0. The fraction of sp³-hybridized carbons (Fsp3) is 0.500. The highest BCUT2D eigenvalue weighted by molar-refractivity contribution is 7.99. The van der Waals surface area contributed by atoms with Crippen LogP contribution in [0.2, 0.25) is 0 Å². The SMILES string of the molecule is NC(CCc1nc(C2CCCCS2)no1)c1ccccc1. The van der Waals surface area contributed by atoms with Crippen molar-refractivity contribution in [2.45, 2.75) is 43.4 Å². The Labute approximate surface area is 129 Å². The van der Waals surface area contributed by atoms with Gasteiger partial charge in [0.25, 0.3) is 0 Å². The van der Waals surface area contributed by atoms with Crippen LogP contribution in [0, 0.1) is 0 Å². The molecule has 21 heavy (non-hydrogen) atoms. The third-order valence-corrected chi connectivity index (χ3v) is 5.22. The Morgan fingerprint density at radius 1 is 1.29 bits per heavy atom. The highest BCUT2D eigenvalue weighted by Gasteiger charge is 2.21. The average Bonchev–Trinajstić information content (AvgIpc) is 3.03. The summed E-state index contributed by atoms with van der Waals surface area (Å²) < 4.78 is 5.37. The van der Waals surface area contributed by atoms with Gasteiger partial charge in [-0.25, -0.2) is 0 Å². The number of benzene rings is 1. The average molecular weight is 303 g/mol. The van der Waals surface area contributed by atoms with E-state index in [1.54, 1.807) is 0 Å². The molecule has 112 valence electrons. The molecular formula is C16H21N3OS. The van der Waals surface area contributed by atoms with Gasteiger partial charge in [0, 0.05) is 12.5 Å². The summed E-state index contributed by atoms with van der Waals surface area (Å²) >= 11 is 1.94. The molecule has 1 aliphatic heterocycles. The number of thioether (sulfide) groups is 1. The smallest absolute Gasteiger partial charge is 0.226 e. The summed E-state index contributed by atoms with van der Waals surface area (Å²) in [5, 5.41) is 4.56. The molecule has 3 rings (SSSR count). The molecule has 1 fully saturated rings. The van der Waals surface area contributed by atoms with Crippen molar-refractivity contribution in [1.29, 1.82) is 0 Å². The summed E-state index contributed by atoms with van der Waals surface area (Å²) in [6.45, 7) is 0. The van der Waals surface area contributed by atoms with Crippen LogP contribution >= 0.6 is 11.8 Å². The molecule has 1 aromatic carbocycles. The number of nitrogens with zero attached hydrogens (tertiary/aromatic N) is 2. The predicted octanol–water partition coefficient (Wildman–Crippen LogP) is 3.66. The third-order valence-electron chi connectivity index (χ3n) is 3.85. The molecule has 5 heteroatoms. The molecule has 0 spiro atoms. The summed E-state index contributed by atoms with van der Waals surface area (Å²) in [5.74, 6) is 2.78. The van der Waals surface area contributed by atoms with Gasteiger partial charge in [-0.3, -0.25) is 0 Å². The van der Waals surface area contributed by atoms with Crippen LogP contribution in [0.5, 0.6) is 0 Å². The molecule has 0 radical (unpaired) electrons. The lowest BCUT2D eigenvalue weighted by atomic mass is 10.0. The first kappa shape index (κ1) is 14.6. The highest BCUT2D eigenvalue weighted by Crippen LogP contribution is 2.36. The molecule has 1 aliphatic rings. The van der Waals surface area contributed by atoms with Crippen molar-refractivity contribution in [3.63, 3.8) is 0 Å². The molecule has 2 N–H and O–H groups in total. The van der Waals surface area contributed by atoms with Crippen LogP contribution in [-0.4, -0.2) is 15.9 Å². The fourth-order valence-electron chi connectivity index (χ4n) is 2.59. The standard InChI is InChI=1S/C16H21N3OS/c17-13(12-6-2-1-3-7-12)9-10-15-18-16(19-20-15)14-8-4-5-11-21-14/h1-3,6-7,13-14H,4-5,8-11,17H2. The van der Waals surface area contributed by atoms with E-state index in [-0.39, 0.29) is 6.04 Å². The Hall–Kier alpha value is -1.33. The molecule has 1 saturated heterocycles. The summed E-state index contributed by atoms with van der Waals surface area (Å²) in [5.41, 5.74) is 7.35.